The van der Waals surface area contributed by atoms with E-state index in [0.29, 0.717) is 6.54 Å². The predicted octanol–water partition coefficient (Wildman–Crippen LogP) is 1.93. The fraction of sp³-hybridized carbons (Fsp3) is 0.0833. The Morgan fingerprint density at radius 1 is 1.33 bits per heavy atom. The van der Waals surface area contributed by atoms with Gasteiger partial charge in [-0.1, -0.05) is 0 Å². The lowest BCUT2D eigenvalue weighted by Crippen LogP contribution is -2.04. The molecule has 0 saturated heterocycles. The van der Waals surface area contributed by atoms with E-state index in [1.54, 1.807) is 12.4 Å². The number of anilines is 1. The zero-order chi connectivity index (χ0) is 13.0. The molecule has 0 radical (unpaired) electrons. The van der Waals surface area contributed by atoms with Gasteiger partial charge in [-0.05, 0) is 18.2 Å². The van der Waals surface area contributed by atoms with Crippen molar-refractivity contribution < 1.29 is 14.3 Å². The molecule has 0 aliphatic rings. The molecular weight excluding hydrogens is 237 g/mol. The van der Waals surface area contributed by atoms with Crippen LogP contribution in [-0.2, 0) is 6.54 Å². The summed E-state index contributed by atoms with van der Waals surface area (Å²) in [4.78, 5) is 18.4. The highest BCUT2D eigenvalue weighted by atomic mass is 19.1. The van der Waals surface area contributed by atoms with Gasteiger partial charge < -0.3 is 10.4 Å². The molecule has 2 N–H and O–H groups in total. The minimum atomic E-state index is -1.10. The number of nitrogens with zero attached hydrogens (tertiary/aromatic N) is 2. The number of aromatic carboxylic acids is 1. The molecule has 0 atom stereocenters. The number of carbonyl (C=O) groups is 1. The van der Waals surface area contributed by atoms with Gasteiger partial charge >= 0.3 is 5.97 Å². The molecule has 0 unspecified atom stereocenters. The minimum Gasteiger partial charge on any atom is -0.478 e. The molecule has 0 saturated carbocycles. The van der Waals surface area contributed by atoms with Crippen molar-refractivity contribution in [2.24, 2.45) is 0 Å². The molecule has 2 rings (SSSR count). The second kappa shape index (κ2) is 5.22. The molecule has 1 aromatic carbocycles. The highest BCUT2D eigenvalue weighted by molar-refractivity contribution is 5.88. The molecule has 1 heterocycles. The van der Waals surface area contributed by atoms with Crippen LogP contribution in [0.3, 0.4) is 0 Å². The number of carboxylic acid groups (broad SMARTS) is 1. The van der Waals surface area contributed by atoms with Gasteiger partial charge in [0.25, 0.3) is 0 Å². The van der Waals surface area contributed by atoms with Gasteiger partial charge in [0.05, 0.1) is 11.3 Å². The Morgan fingerprint density at radius 2 is 2.06 bits per heavy atom. The number of carboxylic acids is 1. The first-order valence-corrected chi connectivity index (χ1v) is 5.17. The van der Waals surface area contributed by atoms with E-state index >= 15 is 0 Å². The van der Waals surface area contributed by atoms with Crippen LogP contribution in [-0.4, -0.2) is 21.0 Å². The van der Waals surface area contributed by atoms with Crippen LogP contribution >= 0.6 is 0 Å². The average Bonchev–Trinajstić information content (AvgIpc) is 2.38. The van der Waals surface area contributed by atoms with Crippen LogP contribution in [0.2, 0.25) is 0 Å². The van der Waals surface area contributed by atoms with Crippen molar-refractivity contribution >= 4 is 11.7 Å². The van der Waals surface area contributed by atoms with Crippen molar-refractivity contribution in [1.82, 2.24) is 9.97 Å². The van der Waals surface area contributed by atoms with Gasteiger partial charge in [0, 0.05) is 24.5 Å². The molecule has 1 aromatic heterocycles. The predicted molar refractivity (Wildman–Crippen MR) is 62.7 cm³/mol. The van der Waals surface area contributed by atoms with Gasteiger partial charge in [-0.3, -0.25) is 0 Å². The van der Waals surface area contributed by atoms with Gasteiger partial charge in [0.2, 0.25) is 0 Å². The molecule has 0 fully saturated rings. The topological polar surface area (TPSA) is 75.1 Å². The first-order valence-electron chi connectivity index (χ1n) is 5.17. The summed E-state index contributed by atoms with van der Waals surface area (Å²) < 4.78 is 13.4. The maximum absolute atomic E-state index is 13.4. The number of hydrogen-bond donors (Lipinski definition) is 2. The van der Waals surface area contributed by atoms with E-state index in [1.165, 1.54) is 18.5 Å². The third-order valence-electron chi connectivity index (χ3n) is 2.31. The molecule has 0 aliphatic carbocycles. The normalized spacial score (nSPS) is 10.1. The number of aromatic nitrogens is 2. The van der Waals surface area contributed by atoms with E-state index in [-0.39, 0.29) is 11.3 Å². The van der Waals surface area contributed by atoms with Gasteiger partial charge in [-0.2, -0.15) is 0 Å². The standard InChI is InChI=1S/C12H10FN3O2/c13-10-2-1-9(12(17)18)3-11(10)16-6-8-4-14-7-15-5-8/h1-5,7,16H,6H2,(H,17,18). The highest BCUT2D eigenvalue weighted by Gasteiger charge is 2.08. The van der Waals surface area contributed by atoms with Crippen molar-refractivity contribution in [2.75, 3.05) is 5.32 Å². The summed E-state index contributed by atoms with van der Waals surface area (Å²) in [7, 11) is 0. The van der Waals surface area contributed by atoms with Crippen LogP contribution in [0.5, 0.6) is 0 Å². The molecular formula is C12H10FN3O2. The maximum atomic E-state index is 13.4. The van der Waals surface area contributed by atoms with E-state index in [1.807, 2.05) is 0 Å². The lowest BCUT2D eigenvalue weighted by atomic mass is 10.2. The van der Waals surface area contributed by atoms with E-state index in [9.17, 15) is 9.18 Å². The van der Waals surface area contributed by atoms with Crippen molar-refractivity contribution in [3.8, 4) is 0 Å². The van der Waals surface area contributed by atoms with Crippen LogP contribution in [0.15, 0.2) is 36.9 Å². The van der Waals surface area contributed by atoms with Gasteiger partial charge in [0.15, 0.2) is 0 Å². The third-order valence-corrected chi connectivity index (χ3v) is 2.31. The Balaban J connectivity index is 2.14. The smallest absolute Gasteiger partial charge is 0.335 e. The minimum absolute atomic E-state index is 0.0308. The lowest BCUT2D eigenvalue weighted by Gasteiger charge is -2.07. The van der Waals surface area contributed by atoms with Crippen LogP contribution < -0.4 is 5.32 Å². The molecule has 0 aliphatic heterocycles. The summed E-state index contributed by atoms with van der Waals surface area (Å²) >= 11 is 0. The Kier molecular flexibility index (Phi) is 3.47. The molecule has 0 bridgehead atoms. The Labute approximate surface area is 102 Å². The van der Waals surface area contributed by atoms with Crippen molar-refractivity contribution in [2.45, 2.75) is 6.54 Å². The fourth-order valence-corrected chi connectivity index (χ4v) is 1.41. The monoisotopic (exact) mass is 247 g/mol. The number of rotatable bonds is 4. The van der Waals surface area contributed by atoms with Gasteiger partial charge in [0.1, 0.15) is 12.1 Å². The summed E-state index contributed by atoms with van der Waals surface area (Å²) in [6.07, 6.45) is 4.59. The molecule has 92 valence electrons. The van der Waals surface area contributed by atoms with Crippen LogP contribution in [0.25, 0.3) is 0 Å². The number of benzene rings is 1. The summed E-state index contributed by atoms with van der Waals surface area (Å²) in [6, 6.07) is 3.59. The Bertz CT molecular complexity index is 561. The molecule has 0 spiro atoms. The van der Waals surface area contributed by atoms with Crippen LogP contribution in [0.4, 0.5) is 10.1 Å². The van der Waals surface area contributed by atoms with Gasteiger partial charge in [-0.15, -0.1) is 0 Å². The Hall–Kier alpha value is -2.50. The van der Waals surface area contributed by atoms with Crippen molar-refractivity contribution in [1.29, 1.82) is 0 Å². The van der Waals surface area contributed by atoms with Gasteiger partial charge in [-0.25, -0.2) is 19.2 Å². The lowest BCUT2D eigenvalue weighted by molar-refractivity contribution is 0.0697. The zero-order valence-corrected chi connectivity index (χ0v) is 9.30. The second-order valence-electron chi connectivity index (χ2n) is 3.60. The first kappa shape index (κ1) is 12.0. The van der Waals surface area contributed by atoms with E-state index in [2.05, 4.69) is 15.3 Å². The maximum Gasteiger partial charge on any atom is 0.335 e. The fourth-order valence-electron chi connectivity index (χ4n) is 1.41. The Morgan fingerprint density at radius 3 is 2.72 bits per heavy atom. The molecule has 5 nitrogen and oxygen atoms in total. The summed E-state index contributed by atoms with van der Waals surface area (Å²) in [6.45, 7) is 0.320. The third kappa shape index (κ3) is 2.79. The number of halogens is 1. The van der Waals surface area contributed by atoms with Crippen LogP contribution in [0, 0.1) is 5.82 Å². The number of hydrogen-bond acceptors (Lipinski definition) is 4. The summed E-state index contributed by atoms with van der Waals surface area (Å²) in [5.74, 6) is -1.60. The SMILES string of the molecule is O=C(O)c1ccc(F)c(NCc2cncnc2)c1. The number of nitrogens with one attached hydrogen (secondary N) is 1. The van der Waals surface area contributed by atoms with Crippen LogP contribution in [0.1, 0.15) is 15.9 Å². The van der Waals surface area contributed by atoms with E-state index in [4.69, 9.17) is 5.11 Å². The zero-order valence-electron chi connectivity index (χ0n) is 9.30. The van der Waals surface area contributed by atoms with Crippen molar-refractivity contribution in [3.05, 3.63) is 53.9 Å². The summed E-state index contributed by atoms with van der Waals surface area (Å²) in [5, 5.41) is 11.6. The largest absolute Gasteiger partial charge is 0.478 e. The average molecular weight is 247 g/mol. The molecule has 0 amide bonds. The van der Waals surface area contributed by atoms with Crippen molar-refractivity contribution in [3.63, 3.8) is 0 Å². The second-order valence-corrected chi connectivity index (χ2v) is 3.60. The molecule has 6 heteroatoms. The quantitative estimate of drug-likeness (QED) is 0.863. The summed E-state index contributed by atoms with van der Waals surface area (Å²) in [5.41, 5.74) is 0.944. The first-order chi connectivity index (χ1) is 8.66. The van der Waals surface area contributed by atoms with E-state index < -0.39 is 11.8 Å². The molecule has 18 heavy (non-hydrogen) atoms. The molecule has 2 aromatic rings. The highest BCUT2D eigenvalue weighted by Crippen LogP contribution is 2.17. The van der Waals surface area contributed by atoms with E-state index in [0.717, 1.165) is 11.6 Å².